The van der Waals surface area contributed by atoms with Crippen molar-refractivity contribution in [3.63, 3.8) is 0 Å². The minimum atomic E-state index is -0.740. The molecule has 2 heterocycles. The molecule has 0 aliphatic heterocycles. The van der Waals surface area contributed by atoms with Crippen molar-refractivity contribution in [2.75, 3.05) is 5.32 Å². The molecule has 0 atom stereocenters. The van der Waals surface area contributed by atoms with E-state index in [9.17, 15) is 10.1 Å². The van der Waals surface area contributed by atoms with Gasteiger partial charge in [0.25, 0.3) is 5.88 Å². The van der Waals surface area contributed by atoms with Crippen LogP contribution in [0, 0.1) is 23.7 Å². The van der Waals surface area contributed by atoms with Gasteiger partial charge in [-0.3, -0.25) is 5.41 Å². The Morgan fingerprint density at radius 2 is 1.86 bits per heavy atom. The Morgan fingerprint density at radius 3 is 2.57 bits per heavy atom. The highest BCUT2D eigenvalue weighted by atomic mass is 16.6. The van der Waals surface area contributed by atoms with Crippen LogP contribution in [0.2, 0.25) is 0 Å². The molecule has 0 spiro atoms. The lowest BCUT2D eigenvalue weighted by Gasteiger charge is -2.20. The van der Waals surface area contributed by atoms with E-state index >= 15 is 0 Å². The zero-order valence-electron chi connectivity index (χ0n) is 20.5. The van der Waals surface area contributed by atoms with Gasteiger partial charge in [-0.05, 0) is 58.0 Å². The number of aromatic nitrogens is 4. The number of nitrogens with one attached hydrogen (secondary N) is 3. The zero-order chi connectivity index (χ0) is 26.7. The van der Waals surface area contributed by atoms with Crippen molar-refractivity contribution in [2.24, 2.45) is 5.73 Å². The van der Waals surface area contributed by atoms with Crippen LogP contribution >= 0.6 is 0 Å². The molecule has 0 aliphatic rings. The number of rotatable bonds is 6. The van der Waals surface area contributed by atoms with Gasteiger partial charge in [0, 0.05) is 11.8 Å². The predicted molar refractivity (Wildman–Crippen MR) is 135 cm³/mol. The summed E-state index contributed by atoms with van der Waals surface area (Å²) in [7, 11) is 0. The Kier molecular flexibility index (Phi) is 6.62. The molecule has 0 bridgehead atoms. The number of aromatic amines is 1. The quantitative estimate of drug-likeness (QED) is 0.168. The minimum Gasteiger partial charge on any atom is -0.456 e. The third-order valence-corrected chi connectivity index (χ3v) is 4.68. The molecule has 188 valence electrons. The number of ether oxygens (including phenoxy) is 3. The highest BCUT2D eigenvalue weighted by molar-refractivity contribution is 5.93. The second-order valence-electron chi connectivity index (χ2n) is 8.92. The number of anilines is 1. The highest BCUT2D eigenvalue weighted by Crippen LogP contribution is 2.31. The predicted octanol–water partition coefficient (Wildman–Crippen LogP) is 4.38. The van der Waals surface area contributed by atoms with E-state index in [1.165, 1.54) is 12.1 Å². The summed E-state index contributed by atoms with van der Waals surface area (Å²) in [4.78, 5) is 28.8. The lowest BCUT2D eigenvalue weighted by atomic mass is 10.1. The van der Waals surface area contributed by atoms with Gasteiger partial charge in [0.1, 0.15) is 34.5 Å². The van der Waals surface area contributed by atoms with Crippen molar-refractivity contribution in [2.45, 2.75) is 33.3 Å². The lowest BCUT2D eigenvalue weighted by molar-refractivity contribution is 0.00688. The highest BCUT2D eigenvalue weighted by Gasteiger charge is 2.22. The van der Waals surface area contributed by atoms with E-state index in [4.69, 9.17) is 25.4 Å². The van der Waals surface area contributed by atoms with E-state index in [1.807, 2.05) is 6.07 Å². The van der Waals surface area contributed by atoms with Gasteiger partial charge in [0.05, 0.1) is 11.1 Å². The summed E-state index contributed by atoms with van der Waals surface area (Å²) in [6.07, 6.45) is 0. The number of carbonyl (C=O) groups is 1. The number of fused-ring (bicyclic) bond motifs is 1. The smallest absolute Gasteiger partial charge is 0.340 e. The maximum Gasteiger partial charge on any atom is 0.340 e. The minimum absolute atomic E-state index is 0.0463. The first-order valence-electron chi connectivity index (χ1n) is 11.1. The fraction of sp³-hybridized carbons (Fsp3) is 0.200. The average Bonchev–Trinajstić information content (AvgIpc) is 3.18. The molecule has 37 heavy (non-hydrogen) atoms. The number of hydrogen-bond acceptors (Lipinski definition) is 9. The van der Waals surface area contributed by atoms with Gasteiger partial charge in [-0.2, -0.15) is 15.2 Å². The number of hydrogen-bond donors (Lipinski definition) is 4. The molecule has 12 nitrogen and oxygen atoms in total. The van der Waals surface area contributed by atoms with Gasteiger partial charge in [0.15, 0.2) is 11.6 Å². The first-order chi connectivity index (χ1) is 17.5. The van der Waals surface area contributed by atoms with Crippen LogP contribution in [0.15, 0.2) is 42.5 Å². The monoisotopic (exact) mass is 500 g/mol. The number of esters is 1. The summed E-state index contributed by atoms with van der Waals surface area (Å²) >= 11 is 0. The van der Waals surface area contributed by atoms with Crippen molar-refractivity contribution in [1.82, 2.24) is 19.9 Å². The maximum atomic E-state index is 12.7. The van der Waals surface area contributed by atoms with Crippen molar-refractivity contribution < 1.29 is 19.0 Å². The van der Waals surface area contributed by atoms with E-state index in [0.29, 0.717) is 28.4 Å². The number of H-pyrrole nitrogens is 1. The van der Waals surface area contributed by atoms with E-state index in [-0.39, 0.29) is 34.7 Å². The topological polar surface area (TPSA) is 185 Å². The van der Waals surface area contributed by atoms with E-state index in [1.54, 1.807) is 58.0 Å². The third-order valence-electron chi connectivity index (χ3n) is 4.68. The first-order valence-corrected chi connectivity index (χ1v) is 11.1. The Labute approximate surface area is 211 Å². The molecular formula is C25H24N8O4. The van der Waals surface area contributed by atoms with Gasteiger partial charge in [-0.25, -0.2) is 9.78 Å². The summed E-state index contributed by atoms with van der Waals surface area (Å²) < 4.78 is 17.3. The molecule has 0 aliphatic carbocycles. The molecule has 0 radical (unpaired) electrons. The van der Waals surface area contributed by atoms with E-state index < -0.39 is 11.6 Å². The third kappa shape index (κ3) is 6.09. The van der Waals surface area contributed by atoms with Crippen LogP contribution in [-0.2, 0) is 4.74 Å². The van der Waals surface area contributed by atoms with E-state index in [0.717, 1.165) is 0 Å². The number of imidazole rings is 1. The fourth-order valence-electron chi connectivity index (χ4n) is 3.28. The second kappa shape index (κ2) is 9.82. The number of benzene rings is 2. The molecule has 12 heteroatoms. The van der Waals surface area contributed by atoms with Gasteiger partial charge in [-0.15, -0.1) is 0 Å². The number of nitrogens with two attached hydrogens (primary N) is 1. The summed E-state index contributed by atoms with van der Waals surface area (Å²) in [5.74, 6) is 0.431. The number of nitriles is 1. The zero-order valence-corrected chi connectivity index (χ0v) is 20.5. The molecule has 4 rings (SSSR count). The molecule has 0 unspecified atom stereocenters. The Balaban J connectivity index is 1.69. The lowest BCUT2D eigenvalue weighted by Crippen LogP contribution is -2.24. The average molecular weight is 501 g/mol. The van der Waals surface area contributed by atoms with Crippen LogP contribution in [0.25, 0.3) is 11.2 Å². The largest absolute Gasteiger partial charge is 0.456 e. The molecule has 0 fully saturated rings. The molecule has 5 N–H and O–H groups in total. The van der Waals surface area contributed by atoms with Crippen LogP contribution < -0.4 is 20.5 Å². The van der Waals surface area contributed by atoms with Crippen molar-refractivity contribution >= 4 is 28.8 Å². The summed E-state index contributed by atoms with van der Waals surface area (Å²) in [6, 6.07) is 13.1. The molecule has 2 aromatic carbocycles. The molecule has 4 aromatic rings. The molecule has 0 saturated heterocycles. The number of guanidine groups is 1. The van der Waals surface area contributed by atoms with Crippen LogP contribution in [0.5, 0.6) is 23.4 Å². The van der Waals surface area contributed by atoms with Gasteiger partial charge in [0.2, 0.25) is 0 Å². The van der Waals surface area contributed by atoms with Crippen molar-refractivity contribution in [3.8, 4) is 29.5 Å². The Hall–Kier alpha value is -5.18. The van der Waals surface area contributed by atoms with Crippen LogP contribution in [0.3, 0.4) is 0 Å². The summed E-state index contributed by atoms with van der Waals surface area (Å²) in [5, 5.41) is 19.5. The molecular weight excluding hydrogens is 476 g/mol. The van der Waals surface area contributed by atoms with Crippen LogP contribution in [0.1, 0.15) is 42.5 Å². The van der Waals surface area contributed by atoms with E-state index in [2.05, 4.69) is 25.3 Å². The van der Waals surface area contributed by atoms with Gasteiger partial charge < -0.3 is 30.2 Å². The SMILES string of the molecule is Cc1nc2nc(Oc3cccc(NC(=N)N)c3)nc(Oc3ccc(C#N)c(C(=O)OC(C)(C)C)c3)c2[nH]1. The van der Waals surface area contributed by atoms with Crippen LogP contribution in [0.4, 0.5) is 5.69 Å². The van der Waals surface area contributed by atoms with Crippen molar-refractivity contribution in [3.05, 3.63) is 59.4 Å². The van der Waals surface area contributed by atoms with Crippen LogP contribution in [-0.4, -0.2) is 37.5 Å². The number of aryl methyl sites for hydroxylation is 1. The standard InChI is InChI=1S/C25H24N8O4/c1-13-29-19-20(30-13)32-24(36-16-7-5-6-15(10-16)31-23(27)28)33-21(19)35-17-9-8-14(12-26)18(11-17)22(34)37-25(2,3)4/h5-11H,1-4H3,(H4,27,28,31)(H,29,30,32,33). The van der Waals surface area contributed by atoms with Gasteiger partial charge >= 0.3 is 12.0 Å². The first kappa shape index (κ1) is 24.9. The summed E-state index contributed by atoms with van der Waals surface area (Å²) in [5.41, 5.74) is 6.13. The summed E-state index contributed by atoms with van der Waals surface area (Å²) in [6.45, 7) is 6.97. The molecule has 2 aromatic heterocycles. The Morgan fingerprint density at radius 1 is 1.11 bits per heavy atom. The normalized spacial score (nSPS) is 11.0. The van der Waals surface area contributed by atoms with Crippen molar-refractivity contribution in [1.29, 1.82) is 10.7 Å². The molecule has 0 amide bonds. The van der Waals surface area contributed by atoms with Gasteiger partial charge in [-0.1, -0.05) is 6.07 Å². The number of carbonyl (C=O) groups excluding carboxylic acids is 1. The second-order valence-corrected chi connectivity index (χ2v) is 8.92. The number of nitrogens with zero attached hydrogens (tertiary/aromatic N) is 4. The fourth-order valence-corrected chi connectivity index (χ4v) is 3.28. The molecule has 0 saturated carbocycles. The maximum absolute atomic E-state index is 12.7. The Bertz CT molecular complexity index is 1550.